The standard InChI is InChI=1S/C11H16ClNOS/c1-8-5-6-9(15-8)10(14)13(4)11(2,3)7-12/h5-6H,7H2,1-4H3. The number of carbonyl (C=O) groups excluding carboxylic acids is 1. The third kappa shape index (κ3) is 2.73. The Morgan fingerprint density at radius 3 is 2.53 bits per heavy atom. The van der Waals surface area contributed by atoms with Gasteiger partial charge < -0.3 is 4.90 Å². The van der Waals surface area contributed by atoms with Gasteiger partial charge in [0.05, 0.1) is 10.4 Å². The largest absolute Gasteiger partial charge is 0.335 e. The van der Waals surface area contributed by atoms with Crippen molar-refractivity contribution < 1.29 is 4.79 Å². The predicted molar refractivity (Wildman–Crippen MR) is 65.9 cm³/mol. The van der Waals surface area contributed by atoms with Crippen LogP contribution in [0.3, 0.4) is 0 Å². The Bertz CT molecular complexity index is 359. The minimum Gasteiger partial charge on any atom is -0.335 e. The number of halogens is 1. The first kappa shape index (κ1) is 12.5. The first-order valence-corrected chi connectivity index (χ1v) is 6.14. The van der Waals surface area contributed by atoms with Crippen LogP contribution in [0.25, 0.3) is 0 Å². The summed E-state index contributed by atoms with van der Waals surface area (Å²) < 4.78 is 0. The third-order valence-corrected chi connectivity index (χ3v) is 4.13. The zero-order chi connectivity index (χ0) is 11.6. The fraction of sp³-hybridized carbons (Fsp3) is 0.545. The van der Waals surface area contributed by atoms with Gasteiger partial charge in [-0.2, -0.15) is 0 Å². The smallest absolute Gasteiger partial charge is 0.264 e. The second-order valence-corrected chi connectivity index (χ2v) is 5.78. The Morgan fingerprint density at radius 1 is 1.53 bits per heavy atom. The van der Waals surface area contributed by atoms with Crippen LogP contribution in [-0.4, -0.2) is 29.3 Å². The van der Waals surface area contributed by atoms with Crippen LogP contribution in [0.15, 0.2) is 12.1 Å². The molecule has 1 rings (SSSR count). The Balaban J connectivity index is 2.86. The Kier molecular flexibility index (Phi) is 3.79. The van der Waals surface area contributed by atoms with E-state index in [1.165, 1.54) is 11.3 Å². The number of amides is 1. The highest BCUT2D eigenvalue weighted by Crippen LogP contribution is 2.21. The molecule has 15 heavy (non-hydrogen) atoms. The number of nitrogens with zero attached hydrogens (tertiary/aromatic N) is 1. The van der Waals surface area contributed by atoms with Crippen LogP contribution in [0.5, 0.6) is 0 Å². The lowest BCUT2D eigenvalue weighted by molar-refractivity contribution is 0.0665. The van der Waals surface area contributed by atoms with Crippen molar-refractivity contribution in [2.24, 2.45) is 0 Å². The van der Waals surface area contributed by atoms with Crippen LogP contribution in [0.2, 0.25) is 0 Å². The van der Waals surface area contributed by atoms with Crippen LogP contribution in [0.4, 0.5) is 0 Å². The number of alkyl halides is 1. The van der Waals surface area contributed by atoms with Gasteiger partial charge in [-0.25, -0.2) is 0 Å². The zero-order valence-electron chi connectivity index (χ0n) is 9.50. The van der Waals surface area contributed by atoms with Gasteiger partial charge in [0.2, 0.25) is 0 Å². The summed E-state index contributed by atoms with van der Waals surface area (Å²) in [6.07, 6.45) is 0. The topological polar surface area (TPSA) is 20.3 Å². The molecule has 0 aliphatic heterocycles. The first-order valence-electron chi connectivity index (χ1n) is 4.79. The molecule has 0 unspecified atom stereocenters. The van der Waals surface area contributed by atoms with Crippen molar-refractivity contribution in [3.05, 3.63) is 21.9 Å². The van der Waals surface area contributed by atoms with Gasteiger partial charge in [0, 0.05) is 17.8 Å². The molecule has 0 fully saturated rings. The fourth-order valence-corrected chi connectivity index (χ4v) is 2.10. The molecule has 0 aliphatic carbocycles. The molecule has 0 N–H and O–H groups in total. The summed E-state index contributed by atoms with van der Waals surface area (Å²) >= 11 is 7.35. The van der Waals surface area contributed by atoms with Crippen LogP contribution < -0.4 is 0 Å². The van der Waals surface area contributed by atoms with Gasteiger partial charge in [-0.05, 0) is 32.9 Å². The molecule has 0 saturated heterocycles. The van der Waals surface area contributed by atoms with Crippen molar-refractivity contribution in [3.63, 3.8) is 0 Å². The predicted octanol–water partition coefficient (Wildman–Crippen LogP) is 3.15. The van der Waals surface area contributed by atoms with Crippen molar-refractivity contribution in [1.29, 1.82) is 0 Å². The summed E-state index contributed by atoms with van der Waals surface area (Å²) in [6.45, 7) is 5.91. The van der Waals surface area contributed by atoms with Crippen LogP contribution in [0.1, 0.15) is 28.4 Å². The average Bonchev–Trinajstić information content (AvgIpc) is 2.62. The van der Waals surface area contributed by atoms with E-state index in [0.29, 0.717) is 5.88 Å². The van der Waals surface area contributed by atoms with Crippen LogP contribution in [-0.2, 0) is 0 Å². The summed E-state index contributed by atoms with van der Waals surface area (Å²) in [4.78, 5) is 15.7. The minimum absolute atomic E-state index is 0.0405. The summed E-state index contributed by atoms with van der Waals surface area (Å²) in [5, 5.41) is 0. The monoisotopic (exact) mass is 245 g/mol. The fourth-order valence-electron chi connectivity index (χ4n) is 1.08. The average molecular weight is 246 g/mol. The van der Waals surface area contributed by atoms with Crippen molar-refractivity contribution in [2.45, 2.75) is 26.3 Å². The molecule has 0 aromatic carbocycles. The van der Waals surface area contributed by atoms with E-state index in [1.54, 1.807) is 11.9 Å². The molecule has 1 heterocycles. The molecule has 1 aromatic heterocycles. The van der Waals surface area contributed by atoms with Crippen molar-refractivity contribution in [1.82, 2.24) is 4.90 Å². The van der Waals surface area contributed by atoms with E-state index in [-0.39, 0.29) is 11.4 Å². The Hall–Kier alpha value is -0.540. The number of aryl methyl sites for hydroxylation is 1. The van der Waals surface area contributed by atoms with Crippen molar-refractivity contribution in [2.75, 3.05) is 12.9 Å². The molecule has 0 atom stereocenters. The number of thiophene rings is 1. The summed E-state index contributed by atoms with van der Waals surface area (Å²) in [5.74, 6) is 0.471. The van der Waals surface area contributed by atoms with Crippen molar-refractivity contribution >= 4 is 28.8 Å². The van der Waals surface area contributed by atoms with Gasteiger partial charge >= 0.3 is 0 Å². The van der Waals surface area contributed by atoms with Gasteiger partial charge in [-0.3, -0.25) is 4.79 Å². The number of hydrogen-bond donors (Lipinski definition) is 0. The molecule has 1 aromatic rings. The molecule has 0 aliphatic rings. The lowest BCUT2D eigenvalue weighted by atomic mass is 10.1. The maximum absolute atomic E-state index is 12.0. The summed E-state index contributed by atoms with van der Waals surface area (Å²) in [7, 11) is 1.79. The highest BCUT2D eigenvalue weighted by atomic mass is 35.5. The van der Waals surface area contributed by atoms with Crippen LogP contribution >= 0.6 is 22.9 Å². The zero-order valence-corrected chi connectivity index (χ0v) is 11.1. The van der Waals surface area contributed by atoms with Gasteiger partial charge in [0.15, 0.2) is 0 Å². The van der Waals surface area contributed by atoms with Gasteiger partial charge in [-0.1, -0.05) is 0 Å². The lowest BCUT2D eigenvalue weighted by Crippen LogP contribution is -2.46. The van der Waals surface area contributed by atoms with Crippen LogP contribution in [0, 0.1) is 6.92 Å². The molecule has 84 valence electrons. The van der Waals surface area contributed by atoms with Crippen molar-refractivity contribution in [3.8, 4) is 0 Å². The molecule has 4 heteroatoms. The number of hydrogen-bond acceptors (Lipinski definition) is 2. The summed E-state index contributed by atoms with van der Waals surface area (Å²) in [5.41, 5.74) is -0.309. The second-order valence-electron chi connectivity index (χ2n) is 4.22. The van der Waals surface area contributed by atoms with Gasteiger partial charge in [-0.15, -0.1) is 22.9 Å². The molecular weight excluding hydrogens is 230 g/mol. The van der Waals surface area contributed by atoms with E-state index in [1.807, 2.05) is 32.9 Å². The highest BCUT2D eigenvalue weighted by molar-refractivity contribution is 7.13. The summed E-state index contributed by atoms with van der Waals surface area (Å²) in [6, 6.07) is 3.82. The quantitative estimate of drug-likeness (QED) is 0.750. The maximum atomic E-state index is 12.0. The second kappa shape index (κ2) is 4.54. The highest BCUT2D eigenvalue weighted by Gasteiger charge is 2.27. The molecular formula is C11H16ClNOS. The molecule has 2 nitrogen and oxygen atoms in total. The number of rotatable bonds is 3. The Morgan fingerprint density at radius 2 is 2.13 bits per heavy atom. The molecule has 1 amide bonds. The lowest BCUT2D eigenvalue weighted by Gasteiger charge is -2.33. The van der Waals surface area contributed by atoms with E-state index >= 15 is 0 Å². The molecule has 0 bridgehead atoms. The normalized spacial score (nSPS) is 11.5. The van der Waals surface area contributed by atoms with E-state index in [9.17, 15) is 4.79 Å². The van der Waals surface area contributed by atoms with Gasteiger partial charge in [0.25, 0.3) is 5.91 Å². The maximum Gasteiger partial charge on any atom is 0.264 e. The molecule has 0 saturated carbocycles. The molecule has 0 radical (unpaired) electrons. The van der Waals surface area contributed by atoms with E-state index < -0.39 is 0 Å². The van der Waals surface area contributed by atoms with E-state index in [4.69, 9.17) is 11.6 Å². The number of carbonyl (C=O) groups is 1. The SMILES string of the molecule is Cc1ccc(C(=O)N(C)C(C)(C)CCl)s1. The first-order chi connectivity index (χ1) is 6.88. The molecule has 0 spiro atoms. The Labute approximate surface area is 99.9 Å². The van der Waals surface area contributed by atoms with Gasteiger partial charge in [0.1, 0.15) is 0 Å². The van der Waals surface area contributed by atoms with E-state index in [0.717, 1.165) is 9.75 Å². The third-order valence-electron chi connectivity index (χ3n) is 2.49. The van der Waals surface area contributed by atoms with E-state index in [2.05, 4.69) is 0 Å². The minimum atomic E-state index is -0.309.